The Balaban J connectivity index is 4.08. The minimum atomic E-state index is -4.77. The summed E-state index contributed by atoms with van der Waals surface area (Å²) in [5, 5.41) is 0. The number of carbonyl (C=O) groups excluding carboxylic acids is 2. The van der Waals surface area contributed by atoms with Gasteiger partial charge in [-0.3, -0.25) is 14.1 Å². The smallest absolute Gasteiger partial charge is 0.462 e. The molecule has 0 rings (SSSR count). The lowest BCUT2D eigenvalue weighted by atomic mass is 10.0. The van der Waals surface area contributed by atoms with Crippen molar-refractivity contribution in [2.75, 3.05) is 13.2 Å². The molecule has 0 aliphatic heterocycles. The lowest BCUT2D eigenvalue weighted by Gasteiger charge is -2.18. The van der Waals surface area contributed by atoms with Gasteiger partial charge in [0.25, 0.3) is 0 Å². The SMILES string of the molecule is CCC=CCC=CCC=CCC=CCC=CCC=CCCC(=O)O[C@H](COC(=O)CCCCCCCCCCCCCCCCC)COP(=O)(O)O. The highest BCUT2D eigenvalue weighted by atomic mass is 31.2. The Morgan fingerprint density at radius 3 is 1.35 bits per heavy atom. The number of ether oxygens (including phenoxy) is 2. The molecule has 0 aromatic carbocycles. The first-order chi connectivity index (χ1) is 25.3. The summed E-state index contributed by atoms with van der Waals surface area (Å²) in [5.41, 5.74) is 0. The number of phosphoric acid groups is 1. The van der Waals surface area contributed by atoms with E-state index in [2.05, 4.69) is 79.1 Å². The number of esters is 2. The van der Waals surface area contributed by atoms with Crippen molar-refractivity contribution in [3.63, 3.8) is 0 Å². The van der Waals surface area contributed by atoms with Crippen LogP contribution in [0.15, 0.2) is 72.9 Å². The quantitative estimate of drug-likeness (QED) is 0.0281. The number of carbonyl (C=O) groups is 2. The molecule has 0 radical (unpaired) electrons. The highest BCUT2D eigenvalue weighted by Crippen LogP contribution is 2.36. The average Bonchev–Trinajstić information content (AvgIpc) is 3.11. The fraction of sp³-hybridized carbons (Fsp3) is 0.674. The minimum Gasteiger partial charge on any atom is -0.462 e. The highest BCUT2D eigenvalue weighted by Gasteiger charge is 2.22. The lowest BCUT2D eigenvalue weighted by Crippen LogP contribution is -2.29. The summed E-state index contributed by atoms with van der Waals surface area (Å²) in [4.78, 5) is 42.8. The molecular formula is C43H73O8P. The molecule has 0 amide bonds. The van der Waals surface area contributed by atoms with Gasteiger partial charge in [-0.05, 0) is 51.4 Å². The molecule has 0 aliphatic carbocycles. The first-order valence-corrected chi connectivity index (χ1v) is 21.8. The molecule has 0 spiro atoms. The Morgan fingerprint density at radius 1 is 0.519 bits per heavy atom. The predicted molar refractivity (Wildman–Crippen MR) is 216 cm³/mol. The number of unbranched alkanes of at least 4 members (excludes halogenated alkanes) is 14. The molecule has 1 atom stereocenters. The number of hydrogen-bond donors (Lipinski definition) is 2. The van der Waals surface area contributed by atoms with Gasteiger partial charge in [-0.15, -0.1) is 0 Å². The highest BCUT2D eigenvalue weighted by molar-refractivity contribution is 7.46. The second kappa shape index (κ2) is 38.2. The number of allylic oxidation sites excluding steroid dienone is 12. The Morgan fingerprint density at radius 2 is 0.923 bits per heavy atom. The van der Waals surface area contributed by atoms with Gasteiger partial charge in [0.1, 0.15) is 6.61 Å². The standard InChI is InChI=1S/C43H73O8P/c1-3-5-7-9-11-13-15-17-19-20-21-22-24-26-28-30-32-34-36-38-43(45)51-41(40-50-52(46,47)48)39-49-42(44)37-35-33-31-29-27-25-23-18-16-14-12-10-8-6-4-2/h5,7,11,13,17,19,21-22,26,28,32,34,41H,3-4,6,8-10,12,14-16,18,20,23-25,27,29-31,33,35-40H2,1-2H3,(H2,46,47,48)/t41-/m1/s1. The van der Waals surface area contributed by atoms with Crippen LogP contribution in [-0.2, 0) is 28.2 Å². The van der Waals surface area contributed by atoms with Crippen molar-refractivity contribution < 1.29 is 37.9 Å². The molecule has 9 heteroatoms. The van der Waals surface area contributed by atoms with E-state index in [4.69, 9.17) is 19.3 Å². The zero-order chi connectivity index (χ0) is 38.2. The van der Waals surface area contributed by atoms with Gasteiger partial charge in [-0.2, -0.15) is 0 Å². The molecule has 0 unspecified atom stereocenters. The molecule has 2 N–H and O–H groups in total. The maximum Gasteiger partial charge on any atom is 0.469 e. The molecule has 298 valence electrons. The number of rotatable bonds is 36. The van der Waals surface area contributed by atoms with Crippen molar-refractivity contribution in [2.45, 2.75) is 174 Å². The molecule has 0 aliphatic rings. The summed E-state index contributed by atoms with van der Waals surface area (Å²) in [6, 6.07) is 0. The van der Waals surface area contributed by atoms with E-state index in [1.54, 1.807) is 0 Å². The van der Waals surface area contributed by atoms with E-state index in [0.717, 1.165) is 51.4 Å². The second-order valence-electron chi connectivity index (χ2n) is 13.2. The molecule has 0 saturated heterocycles. The second-order valence-corrected chi connectivity index (χ2v) is 14.5. The van der Waals surface area contributed by atoms with E-state index >= 15 is 0 Å². The van der Waals surface area contributed by atoms with Gasteiger partial charge in [0.05, 0.1) is 6.61 Å². The van der Waals surface area contributed by atoms with Crippen LogP contribution in [0.1, 0.15) is 168 Å². The van der Waals surface area contributed by atoms with Crippen molar-refractivity contribution in [3.8, 4) is 0 Å². The fourth-order valence-electron chi connectivity index (χ4n) is 5.28. The normalized spacial score (nSPS) is 13.2. The third-order valence-electron chi connectivity index (χ3n) is 8.25. The summed E-state index contributed by atoms with van der Waals surface area (Å²) in [6.07, 6.45) is 49.2. The average molecular weight is 749 g/mol. The zero-order valence-corrected chi connectivity index (χ0v) is 33.6. The van der Waals surface area contributed by atoms with Gasteiger partial charge >= 0.3 is 19.8 Å². The van der Waals surface area contributed by atoms with Crippen molar-refractivity contribution in [1.82, 2.24) is 0 Å². The van der Waals surface area contributed by atoms with Gasteiger partial charge in [-0.1, -0.05) is 177 Å². The summed E-state index contributed by atoms with van der Waals surface area (Å²) in [6.45, 7) is 3.50. The van der Waals surface area contributed by atoms with E-state index in [0.29, 0.717) is 12.8 Å². The molecule has 0 bridgehead atoms. The van der Waals surface area contributed by atoms with E-state index in [1.807, 2.05) is 12.2 Å². The van der Waals surface area contributed by atoms with Crippen LogP contribution in [0, 0.1) is 0 Å². The van der Waals surface area contributed by atoms with Crippen molar-refractivity contribution in [2.24, 2.45) is 0 Å². The van der Waals surface area contributed by atoms with Crippen LogP contribution >= 0.6 is 7.82 Å². The first kappa shape index (κ1) is 49.5. The molecule has 0 aromatic heterocycles. The third-order valence-corrected chi connectivity index (χ3v) is 8.74. The summed E-state index contributed by atoms with van der Waals surface area (Å²) >= 11 is 0. The predicted octanol–water partition coefficient (Wildman–Crippen LogP) is 12.3. The van der Waals surface area contributed by atoms with Crippen LogP contribution in [0.5, 0.6) is 0 Å². The van der Waals surface area contributed by atoms with Crippen LogP contribution in [-0.4, -0.2) is 41.0 Å². The van der Waals surface area contributed by atoms with Gasteiger partial charge in [-0.25, -0.2) is 4.57 Å². The first-order valence-electron chi connectivity index (χ1n) is 20.2. The van der Waals surface area contributed by atoms with E-state index < -0.39 is 32.5 Å². The molecule has 52 heavy (non-hydrogen) atoms. The van der Waals surface area contributed by atoms with Gasteiger partial charge < -0.3 is 19.3 Å². The monoisotopic (exact) mass is 749 g/mol. The van der Waals surface area contributed by atoms with Gasteiger partial charge in [0.15, 0.2) is 6.10 Å². The molecule has 0 saturated carbocycles. The maximum atomic E-state index is 12.4. The lowest BCUT2D eigenvalue weighted by molar-refractivity contribution is -0.161. The number of hydrogen-bond acceptors (Lipinski definition) is 6. The molecule has 8 nitrogen and oxygen atoms in total. The fourth-order valence-corrected chi connectivity index (χ4v) is 5.64. The Bertz CT molecular complexity index is 1070. The Labute approximate surface area is 317 Å². The minimum absolute atomic E-state index is 0.0850. The van der Waals surface area contributed by atoms with Crippen LogP contribution in [0.3, 0.4) is 0 Å². The van der Waals surface area contributed by atoms with Crippen LogP contribution < -0.4 is 0 Å². The molecule has 0 fully saturated rings. The van der Waals surface area contributed by atoms with Crippen LogP contribution in [0.2, 0.25) is 0 Å². The largest absolute Gasteiger partial charge is 0.469 e. The summed E-state index contributed by atoms with van der Waals surface area (Å²) < 4.78 is 26.3. The molecule has 0 aromatic rings. The Hall–Kier alpha value is -2.51. The third kappa shape index (κ3) is 40.3. The van der Waals surface area contributed by atoms with Crippen LogP contribution in [0.4, 0.5) is 0 Å². The van der Waals surface area contributed by atoms with Gasteiger partial charge in [0.2, 0.25) is 0 Å². The summed E-state index contributed by atoms with van der Waals surface area (Å²) in [5.74, 6) is -0.984. The van der Waals surface area contributed by atoms with Crippen molar-refractivity contribution >= 4 is 19.8 Å². The van der Waals surface area contributed by atoms with Crippen molar-refractivity contribution in [3.05, 3.63) is 72.9 Å². The molecule has 0 heterocycles. The van der Waals surface area contributed by atoms with E-state index in [9.17, 15) is 14.2 Å². The van der Waals surface area contributed by atoms with Crippen LogP contribution in [0.25, 0.3) is 0 Å². The van der Waals surface area contributed by atoms with E-state index in [-0.39, 0.29) is 19.4 Å². The van der Waals surface area contributed by atoms with Crippen molar-refractivity contribution in [1.29, 1.82) is 0 Å². The van der Waals surface area contributed by atoms with E-state index in [1.165, 1.54) is 77.0 Å². The zero-order valence-electron chi connectivity index (χ0n) is 32.7. The summed E-state index contributed by atoms with van der Waals surface area (Å²) in [7, 11) is -4.77. The molecular weight excluding hydrogens is 675 g/mol. The topological polar surface area (TPSA) is 119 Å². The Kier molecular flexibility index (Phi) is 36.4. The number of phosphoric ester groups is 1. The van der Waals surface area contributed by atoms with Gasteiger partial charge in [0, 0.05) is 12.8 Å². The maximum absolute atomic E-state index is 12.4.